The summed E-state index contributed by atoms with van der Waals surface area (Å²) in [4.78, 5) is 8.79. The fourth-order valence-electron chi connectivity index (χ4n) is 0.227. The molecule has 2 nitrogen and oxygen atoms in total. The molecule has 1 aromatic heterocycles. The smallest absolute Gasteiger partial charge is 0.179 e. The molecule has 0 atom stereocenters. The highest BCUT2D eigenvalue weighted by atomic mass is 127. The standard InChI is InChI=1S/C4H4O.CHIO/c1-2-4-5-3-1;2-1-3/h1-4H;1H. The lowest BCUT2D eigenvalue weighted by Crippen LogP contribution is -1.21. The number of carbonyl (C=O) groups excluding carboxylic acids is 1. The van der Waals surface area contributed by atoms with Crippen LogP contribution in [0.25, 0.3) is 0 Å². The van der Waals surface area contributed by atoms with Crippen LogP contribution >= 0.6 is 22.6 Å². The summed E-state index contributed by atoms with van der Waals surface area (Å²) in [5.74, 6) is 0. The van der Waals surface area contributed by atoms with Gasteiger partial charge in [0.05, 0.1) is 12.5 Å². The Bertz CT molecular complexity index is 96.8. The minimum Gasteiger partial charge on any atom is -0.473 e. The predicted octanol–water partition coefficient (Wildman–Crippen LogP) is 1.89. The number of hydrogen-bond acceptors (Lipinski definition) is 2. The number of rotatable bonds is 0. The van der Waals surface area contributed by atoms with Crippen molar-refractivity contribution >= 4 is 26.9 Å². The molecule has 0 fully saturated rings. The van der Waals surface area contributed by atoms with E-state index in [0.717, 1.165) is 4.29 Å². The fraction of sp³-hybridized carbons (Fsp3) is 0. The van der Waals surface area contributed by atoms with E-state index in [9.17, 15) is 0 Å². The van der Waals surface area contributed by atoms with Crippen molar-refractivity contribution in [2.24, 2.45) is 0 Å². The van der Waals surface area contributed by atoms with Crippen molar-refractivity contribution in [2.45, 2.75) is 0 Å². The highest BCUT2D eigenvalue weighted by Crippen LogP contribution is 1.79. The molecule has 0 spiro atoms. The van der Waals surface area contributed by atoms with Crippen LogP contribution in [-0.4, -0.2) is 4.29 Å². The molecule has 0 aliphatic heterocycles. The van der Waals surface area contributed by atoms with E-state index in [-0.39, 0.29) is 0 Å². The van der Waals surface area contributed by atoms with E-state index >= 15 is 0 Å². The van der Waals surface area contributed by atoms with Crippen LogP contribution in [0.1, 0.15) is 0 Å². The van der Waals surface area contributed by atoms with Crippen molar-refractivity contribution < 1.29 is 9.21 Å². The Balaban J connectivity index is 0.000000145. The summed E-state index contributed by atoms with van der Waals surface area (Å²) in [7, 11) is 0. The zero-order valence-electron chi connectivity index (χ0n) is 4.08. The van der Waals surface area contributed by atoms with Gasteiger partial charge in [-0.1, -0.05) is 0 Å². The Morgan fingerprint density at radius 2 is 1.75 bits per heavy atom. The van der Waals surface area contributed by atoms with Crippen molar-refractivity contribution in [3.8, 4) is 0 Å². The maximum Gasteiger partial charge on any atom is 0.179 e. The van der Waals surface area contributed by atoms with E-state index < -0.39 is 0 Å². The van der Waals surface area contributed by atoms with Crippen LogP contribution in [-0.2, 0) is 4.79 Å². The van der Waals surface area contributed by atoms with E-state index in [1.807, 2.05) is 12.1 Å². The minimum atomic E-state index is 0.720. The van der Waals surface area contributed by atoms with Crippen molar-refractivity contribution in [1.29, 1.82) is 0 Å². The Hall–Kier alpha value is -0.320. The van der Waals surface area contributed by atoms with Gasteiger partial charge in [0.1, 0.15) is 0 Å². The molecule has 0 aliphatic carbocycles. The molecular weight excluding hydrogens is 219 g/mol. The summed E-state index contributed by atoms with van der Waals surface area (Å²) in [6.07, 6.45) is 3.25. The average Bonchev–Trinajstić information content (AvgIpc) is 2.17. The maximum absolute atomic E-state index is 8.79. The van der Waals surface area contributed by atoms with Gasteiger partial charge in [-0.05, 0) is 34.7 Å². The molecule has 1 heterocycles. The average molecular weight is 224 g/mol. The quantitative estimate of drug-likeness (QED) is 0.382. The molecule has 44 valence electrons. The molecule has 1 rings (SSSR count). The highest BCUT2D eigenvalue weighted by molar-refractivity contribution is 14.1. The molecule has 0 aromatic carbocycles. The van der Waals surface area contributed by atoms with Crippen LogP contribution in [0.3, 0.4) is 0 Å². The van der Waals surface area contributed by atoms with Crippen LogP contribution in [0.15, 0.2) is 29.1 Å². The number of furan rings is 1. The van der Waals surface area contributed by atoms with Gasteiger partial charge in [-0.3, -0.25) is 4.79 Å². The monoisotopic (exact) mass is 224 g/mol. The van der Waals surface area contributed by atoms with Crippen molar-refractivity contribution in [2.75, 3.05) is 0 Å². The first-order valence-corrected chi connectivity index (χ1v) is 3.17. The highest BCUT2D eigenvalue weighted by Gasteiger charge is 1.58. The molecule has 0 amide bonds. The third-order valence-electron chi connectivity index (χ3n) is 0.425. The molecule has 8 heavy (non-hydrogen) atoms. The second-order valence-corrected chi connectivity index (χ2v) is 1.39. The first-order chi connectivity index (χ1) is 3.91. The van der Waals surface area contributed by atoms with E-state index in [2.05, 4.69) is 4.42 Å². The van der Waals surface area contributed by atoms with Crippen LogP contribution in [0, 0.1) is 0 Å². The molecule has 0 unspecified atom stereocenters. The largest absolute Gasteiger partial charge is 0.473 e. The Labute approximate surface area is 61.0 Å². The molecule has 3 heteroatoms. The Morgan fingerprint density at radius 1 is 1.38 bits per heavy atom. The second kappa shape index (κ2) is 6.68. The van der Waals surface area contributed by atoms with Gasteiger partial charge >= 0.3 is 0 Å². The Morgan fingerprint density at radius 3 is 1.88 bits per heavy atom. The van der Waals surface area contributed by atoms with E-state index in [4.69, 9.17) is 4.79 Å². The third kappa shape index (κ3) is 5.68. The molecule has 1 aromatic rings. The van der Waals surface area contributed by atoms with Gasteiger partial charge in [0.25, 0.3) is 0 Å². The van der Waals surface area contributed by atoms with Crippen LogP contribution in [0.2, 0.25) is 0 Å². The van der Waals surface area contributed by atoms with Gasteiger partial charge < -0.3 is 4.42 Å². The van der Waals surface area contributed by atoms with Gasteiger partial charge in [0, 0.05) is 0 Å². The van der Waals surface area contributed by atoms with Crippen LogP contribution in [0.5, 0.6) is 0 Å². The topological polar surface area (TPSA) is 30.2 Å². The first kappa shape index (κ1) is 7.68. The minimum absolute atomic E-state index is 0.720. The lowest BCUT2D eigenvalue weighted by Gasteiger charge is -1.50. The molecule has 0 radical (unpaired) electrons. The lowest BCUT2D eigenvalue weighted by atomic mass is 10.7. The summed E-state index contributed by atoms with van der Waals surface area (Å²) >= 11 is 1.61. The molecule has 0 aliphatic rings. The normalized spacial score (nSPS) is 6.62. The number of carbonyl (C=O) groups is 1. The SMILES string of the molecule is O=CI.c1ccoc1. The van der Waals surface area contributed by atoms with Crippen molar-refractivity contribution in [3.05, 3.63) is 24.7 Å². The summed E-state index contributed by atoms with van der Waals surface area (Å²) in [5, 5.41) is 0. The van der Waals surface area contributed by atoms with Crippen LogP contribution in [0.4, 0.5) is 0 Å². The Kier molecular flexibility index (Phi) is 6.41. The predicted molar refractivity (Wildman–Crippen MR) is 39.5 cm³/mol. The van der Waals surface area contributed by atoms with E-state index in [0.29, 0.717) is 0 Å². The first-order valence-electron chi connectivity index (χ1n) is 1.93. The zero-order chi connectivity index (χ0) is 6.24. The summed E-state index contributed by atoms with van der Waals surface area (Å²) in [6.45, 7) is 0. The molecule has 0 saturated carbocycles. The van der Waals surface area contributed by atoms with Crippen molar-refractivity contribution in [1.82, 2.24) is 0 Å². The van der Waals surface area contributed by atoms with Crippen LogP contribution < -0.4 is 0 Å². The van der Waals surface area contributed by atoms with Gasteiger partial charge in [0.2, 0.25) is 0 Å². The fourth-order valence-corrected chi connectivity index (χ4v) is 0.227. The molecule has 0 saturated heterocycles. The van der Waals surface area contributed by atoms with E-state index in [1.54, 1.807) is 35.1 Å². The summed E-state index contributed by atoms with van der Waals surface area (Å²) < 4.78 is 5.30. The van der Waals surface area contributed by atoms with Gasteiger partial charge in [0.15, 0.2) is 4.29 Å². The van der Waals surface area contributed by atoms with Gasteiger partial charge in [-0.2, -0.15) is 0 Å². The molecular formula is C5H5IO2. The molecule has 0 N–H and O–H groups in total. The molecule has 0 bridgehead atoms. The maximum atomic E-state index is 8.79. The van der Waals surface area contributed by atoms with E-state index in [1.165, 1.54) is 0 Å². The second-order valence-electron chi connectivity index (χ2n) is 0.882. The number of halogens is 1. The van der Waals surface area contributed by atoms with Gasteiger partial charge in [-0.25, -0.2) is 0 Å². The summed E-state index contributed by atoms with van der Waals surface area (Å²) in [5.41, 5.74) is 0. The summed E-state index contributed by atoms with van der Waals surface area (Å²) in [6, 6.07) is 3.67. The third-order valence-corrected chi connectivity index (χ3v) is 0.425. The van der Waals surface area contributed by atoms with Crippen molar-refractivity contribution in [3.63, 3.8) is 0 Å². The number of hydrogen-bond donors (Lipinski definition) is 0. The zero-order valence-corrected chi connectivity index (χ0v) is 6.24. The lowest BCUT2D eigenvalue weighted by molar-refractivity contribution is 0.567. The van der Waals surface area contributed by atoms with Gasteiger partial charge in [-0.15, -0.1) is 0 Å².